The van der Waals surface area contributed by atoms with Crippen molar-refractivity contribution in [2.75, 3.05) is 11.4 Å². The normalized spacial score (nSPS) is 17.7. The number of hydrogen-bond acceptors (Lipinski definition) is 1. The molecule has 16 heavy (non-hydrogen) atoms. The zero-order valence-electron chi connectivity index (χ0n) is 10.6. The molecule has 86 valence electrons. The molecule has 1 aromatic carbocycles. The van der Waals surface area contributed by atoms with E-state index < -0.39 is 0 Å². The first-order valence-electron chi connectivity index (χ1n) is 6.15. The van der Waals surface area contributed by atoms with Gasteiger partial charge in [0.2, 0.25) is 0 Å². The van der Waals surface area contributed by atoms with Gasteiger partial charge in [-0.3, -0.25) is 0 Å². The van der Waals surface area contributed by atoms with E-state index >= 15 is 0 Å². The Morgan fingerprint density at radius 1 is 1.25 bits per heavy atom. The topological polar surface area (TPSA) is 3.24 Å². The fraction of sp³-hybridized carbons (Fsp3) is 0.467. The maximum absolute atomic E-state index is 4.28. The highest BCUT2D eigenvalue weighted by Crippen LogP contribution is 2.46. The van der Waals surface area contributed by atoms with Crippen LogP contribution in [-0.2, 0) is 5.41 Å². The highest BCUT2D eigenvalue weighted by molar-refractivity contribution is 5.69. The summed E-state index contributed by atoms with van der Waals surface area (Å²) < 4.78 is 0. The van der Waals surface area contributed by atoms with Crippen LogP contribution in [0.25, 0.3) is 0 Å². The Hall–Kier alpha value is -1.24. The summed E-state index contributed by atoms with van der Waals surface area (Å²) in [4.78, 5) is 2.39. The Morgan fingerprint density at radius 3 is 2.62 bits per heavy atom. The number of rotatable bonds is 3. The van der Waals surface area contributed by atoms with Gasteiger partial charge in [-0.15, -0.1) is 0 Å². The van der Waals surface area contributed by atoms with Gasteiger partial charge in [0.25, 0.3) is 0 Å². The van der Waals surface area contributed by atoms with Crippen LogP contribution in [0, 0.1) is 0 Å². The van der Waals surface area contributed by atoms with E-state index in [0.29, 0.717) is 0 Å². The first-order valence-corrected chi connectivity index (χ1v) is 6.15. The molecule has 0 aromatic heterocycles. The fourth-order valence-electron chi connectivity index (χ4n) is 2.45. The third kappa shape index (κ3) is 1.55. The van der Waals surface area contributed by atoms with Crippen molar-refractivity contribution in [1.82, 2.24) is 0 Å². The molecule has 0 radical (unpaired) electrons. The van der Waals surface area contributed by atoms with Crippen LogP contribution in [-0.4, -0.2) is 6.54 Å². The van der Waals surface area contributed by atoms with Crippen LogP contribution in [0.5, 0.6) is 0 Å². The molecule has 0 saturated carbocycles. The third-order valence-electron chi connectivity index (χ3n) is 3.65. The molecule has 0 spiro atoms. The van der Waals surface area contributed by atoms with E-state index in [1.165, 1.54) is 29.8 Å². The molecule has 0 unspecified atom stereocenters. The van der Waals surface area contributed by atoms with Crippen molar-refractivity contribution in [2.24, 2.45) is 0 Å². The van der Waals surface area contributed by atoms with Crippen LogP contribution >= 0.6 is 0 Å². The van der Waals surface area contributed by atoms with Crippen LogP contribution in [0.4, 0.5) is 5.69 Å². The van der Waals surface area contributed by atoms with Gasteiger partial charge in [-0.1, -0.05) is 52.0 Å². The first kappa shape index (κ1) is 11.3. The van der Waals surface area contributed by atoms with E-state index in [0.717, 1.165) is 6.54 Å². The van der Waals surface area contributed by atoms with E-state index in [9.17, 15) is 0 Å². The molecule has 2 rings (SSSR count). The second-order valence-corrected chi connectivity index (χ2v) is 5.09. The lowest BCUT2D eigenvalue weighted by Crippen LogP contribution is -2.25. The van der Waals surface area contributed by atoms with Gasteiger partial charge in [-0.25, -0.2) is 0 Å². The van der Waals surface area contributed by atoms with E-state index in [2.05, 4.69) is 56.5 Å². The number of fused-ring (bicyclic) bond motifs is 1. The minimum Gasteiger partial charge on any atom is -0.345 e. The third-order valence-corrected chi connectivity index (χ3v) is 3.65. The Balaban J connectivity index is 2.39. The molecule has 1 aliphatic rings. The minimum absolute atomic E-state index is 0.0876. The number of nitrogens with zero attached hydrogens (tertiary/aromatic N) is 1. The lowest BCUT2D eigenvalue weighted by molar-refractivity contribution is 0.627. The van der Waals surface area contributed by atoms with Gasteiger partial charge >= 0.3 is 0 Å². The molecule has 0 atom stereocenters. The maximum atomic E-state index is 4.28. The smallest absolute Gasteiger partial charge is 0.0450 e. The highest BCUT2D eigenvalue weighted by atomic mass is 15.2. The van der Waals surface area contributed by atoms with Gasteiger partial charge < -0.3 is 4.90 Å². The van der Waals surface area contributed by atoms with Crippen molar-refractivity contribution >= 4 is 5.69 Å². The second kappa shape index (κ2) is 3.97. The van der Waals surface area contributed by atoms with Crippen molar-refractivity contribution in [3.8, 4) is 0 Å². The molecule has 0 amide bonds. The number of benzene rings is 1. The second-order valence-electron chi connectivity index (χ2n) is 5.09. The predicted molar refractivity (Wildman–Crippen MR) is 70.9 cm³/mol. The number of unbranched alkanes of at least 4 members (excludes halogenated alkanes) is 1. The van der Waals surface area contributed by atoms with Crippen LogP contribution in [0.2, 0.25) is 0 Å². The van der Waals surface area contributed by atoms with Gasteiger partial charge in [0.05, 0.1) is 0 Å². The Kier molecular flexibility index (Phi) is 2.79. The summed E-state index contributed by atoms with van der Waals surface area (Å²) in [6.45, 7) is 12.1. The zero-order chi connectivity index (χ0) is 11.8. The minimum atomic E-state index is 0.0876. The molecule has 1 heterocycles. The van der Waals surface area contributed by atoms with Gasteiger partial charge in [-0.05, 0) is 18.1 Å². The Labute approximate surface area is 98.8 Å². The largest absolute Gasteiger partial charge is 0.345 e. The van der Waals surface area contributed by atoms with Gasteiger partial charge in [0.15, 0.2) is 0 Å². The molecule has 0 aliphatic carbocycles. The van der Waals surface area contributed by atoms with E-state index in [-0.39, 0.29) is 5.41 Å². The Morgan fingerprint density at radius 2 is 1.94 bits per heavy atom. The molecule has 1 heteroatoms. The fourth-order valence-corrected chi connectivity index (χ4v) is 2.45. The molecule has 0 N–H and O–H groups in total. The van der Waals surface area contributed by atoms with Gasteiger partial charge in [0, 0.05) is 23.3 Å². The molecule has 1 nitrogen and oxygen atoms in total. The summed E-state index contributed by atoms with van der Waals surface area (Å²) in [5, 5.41) is 0. The lowest BCUT2D eigenvalue weighted by Gasteiger charge is -2.25. The van der Waals surface area contributed by atoms with Crippen molar-refractivity contribution in [1.29, 1.82) is 0 Å². The molecular weight excluding hydrogens is 194 g/mol. The number of para-hydroxylation sites is 1. The van der Waals surface area contributed by atoms with E-state index in [1.807, 2.05) is 0 Å². The number of allylic oxidation sites excluding steroid dienone is 1. The zero-order valence-corrected chi connectivity index (χ0v) is 10.6. The molecule has 0 bridgehead atoms. The van der Waals surface area contributed by atoms with E-state index in [1.54, 1.807) is 0 Å². The maximum Gasteiger partial charge on any atom is 0.0450 e. The first-order chi connectivity index (χ1) is 7.59. The van der Waals surface area contributed by atoms with Crippen molar-refractivity contribution in [3.05, 3.63) is 42.1 Å². The number of hydrogen-bond donors (Lipinski definition) is 0. The van der Waals surface area contributed by atoms with E-state index in [4.69, 9.17) is 0 Å². The summed E-state index contributed by atoms with van der Waals surface area (Å²) in [6.07, 6.45) is 2.45. The predicted octanol–water partition coefficient (Wildman–Crippen LogP) is 4.10. The van der Waals surface area contributed by atoms with Crippen molar-refractivity contribution in [2.45, 2.75) is 39.0 Å². The standard InChI is InChI=1S/C15H21N/c1-5-6-11-16-12(2)15(3,4)13-9-7-8-10-14(13)16/h7-10H,2,5-6,11H2,1,3-4H3. The van der Waals surface area contributed by atoms with Crippen molar-refractivity contribution < 1.29 is 0 Å². The highest BCUT2D eigenvalue weighted by Gasteiger charge is 2.37. The van der Waals surface area contributed by atoms with Gasteiger partial charge in [0.1, 0.15) is 0 Å². The quantitative estimate of drug-likeness (QED) is 0.733. The summed E-state index contributed by atoms with van der Waals surface area (Å²) >= 11 is 0. The molecule has 0 fully saturated rings. The van der Waals surface area contributed by atoms with Crippen LogP contribution in [0.1, 0.15) is 39.2 Å². The molecule has 1 aromatic rings. The average Bonchev–Trinajstić information content (AvgIpc) is 2.47. The van der Waals surface area contributed by atoms with Crippen molar-refractivity contribution in [3.63, 3.8) is 0 Å². The SMILES string of the molecule is C=C1N(CCCC)c2ccccc2C1(C)C. The monoisotopic (exact) mass is 215 g/mol. The van der Waals surface area contributed by atoms with Crippen LogP contribution in [0.3, 0.4) is 0 Å². The van der Waals surface area contributed by atoms with Gasteiger partial charge in [-0.2, -0.15) is 0 Å². The Bertz CT molecular complexity index is 404. The summed E-state index contributed by atoms with van der Waals surface area (Å²) in [6, 6.07) is 8.68. The molecular formula is C15H21N. The molecule has 1 aliphatic heterocycles. The van der Waals surface area contributed by atoms with Crippen LogP contribution < -0.4 is 4.90 Å². The lowest BCUT2D eigenvalue weighted by atomic mass is 9.84. The van der Waals surface area contributed by atoms with Crippen LogP contribution in [0.15, 0.2) is 36.5 Å². The number of anilines is 1. The molecule has 0 saturated heterocycles. The summed E-state index contributed by atoms with van der Waals surface area (Å²) in [5.41, 5.74) is 4.09. The summed E-state index contributed by atoms with van der Waals surface area (Å²) in [7, 11) is 0. The summed E-state index contributed by atoms with van der Waals surface area (Å²) in [5.74, 6) is 0. The average molecular weight is 215 g/mol.